The van der Waals surface area contributed by atoms with E-state index in [-0.39, 0.29) is 12.4 Å². The number of primary amides is 1. The maximum absolute atomic E-state index is 10.5. The molecule has 4 nitrogen and oxygen atoms in total. The number of nitrogens with two attached hydrogens (primary N) is 1. The molecule has 0 radical (unpaired) electrons. The Labute approximate surface area is 76.4 Å². The Morgan fingerprint density at radius 1 is 1.62 bits per heavy atom. The summed E-state index contributed by atoms with van der Waals surface area (Å²) in [5.74, 6) is 8.74. The van der Waals surface area contributed by atoms with Gasteiger partial charge in [0.15, 0.2) is 5.76 Å². The standard InChI is InChI=1S/C9H9NO3/c1-13-8(9(10)12)6-4-2-3-5-7-11/h6,11H,7H2,1H3,(H2,10,12)/b8-6-. The van der Waals surface area contributed by atoms with Crippen LogP contribution >= 0.6 is 0 Å². The van der Waals surface area contributed by atoms with Gasteiger partial charge in [0, 0.05) is 6.08 Å². The maximum atomic E-state index is 10.5. The zero-order valence-electron chi connectivity index (χ0n) is 7.13. The third-order valence-corrected chi connectivity index (χ3v) is 0.968. The minimum atomic E-state index is -0.688. The molecule has 0 aromatic carbocycles. The van der Waals surface area contributed by atoms with Gasteiger partial charge in [0.25, 0.3) is 5.91 Å². The van der Waals surface area contributed by atoms with E-state index < -0.39 is 5.91 Å². The number of ether oxygens (including phenoxy) is 1. The molecule has 0 spiro atoms. The van der Waals surface area contributed by atoms with Crippen LogP contribution in [0.15, 0.2) is 11.8 Å². The average molecular weight is 179 g/mol. The first-order valence-corrected chi connectivity index (χ1v) is 3.35. The molecule has 4 heteroatoms. The highest BCUT2D eigenvalue weighted by Gasteiger charge is 2.00. The fourth-order valence-electron chi connectivity index (χ4n) is 0.452. The summed E-state index contributed by atoms with van der Waals surface area (Å²) < 4.78 is 4.60. The van der Waals surface area contributed by atoms with E-state index in [1.807, 2.05) is 0 Å². The predicted octanol–water partition coefficient (Wildman–Crippen LogP) is -0.999. The van der Waals surface area contributed by atoms with Crippen molar-refractivity contribution in [2.45, 2.75) is 0 Å². The number of carbonyl (C=O) groups excluding carboxylic acids is 1. The zero-order valence-corrected chi connectivity index (χ0v) is 7.13. The van der Waals surface area contributed by atoms with E-state index in [4.69, 9.17) is 10.8 Å². The summed E-state index contributed by atoms with van der Waals surface area (Å²) in [5.41, 5.74) is 4.91. The Morgan fingerprint density at radius 2 is 2.31 bits per heavy atom. The van der Waals surface area contributed by atoms with Gasteiger partial charge in [-0.2, -0.15) is 0 Å². The summed E-state index contributed by atoms with van der Waals surface area (Å²) in [5, 5.41) is 8.25. The lowest BCUT2D eigenvalue weighted by atomic mass is 10.4. The van der Waals surface area contributed by atoms with Crippen molar-refractivity contribution in [3.05, 3.63) is 11.8 Å². The minimum Gasteiger partial charge on any atom is -0.491 e. The lowest BCUT2D eigenvalue weighted by Crippen LogP contribution is -2.14. The monoisotopic (exact) mass is 179 g/mol. The summed E-state index contributed by atoms with van der Waals surface area (Å²) >= 11 is 0. The van der Waals surface area contributed by atoms with Crippen molar-refractivity contribution in [2.24, 2.45) is 5.73 Å². The first-order valence-electron chi connectivity index (χ1n) is 3.35. The Kier molecular flexibility index (Phi) is 5.78. The lowest BCUT2D eigenvalue weighted by molar-refractivity contribution is -0.117. The molecule has 0 rings (SSSR count). The van der Waals surface area contributed by atoms with E-state index in [2.05, 4.69) is 28.4 Å². The van der Waals surface area contributed by atoms with Crippen LogP contribution in [0.3, 0.4) is 0 Å². The molecule has 0 atom stereocenters. The van der Waals surface area contributed by atoms with Gasteiger partial charge >= 0.3 is 0 Å². The minimum absolute atomic E-state index is 0.0294. The molecule has 0 heterocycles. The molecule has 0 unspecified atom stereocenters. The molecule has 13 heavy (non-hydrogen) atoms. The highest BCUT2D eigenvalue weighted by atomic mass is 16.5. The second kappa shape index (κ2) is 6.78. The van der Waals surface area contributed by atoms with Gasteiger partial charge in [-0.05, 0) is 11.8 Å². The number of rotatable bonds is 2. The van der Waals surface area contributed by atoms with Crippen LogP contribution in [0.4, 0.5) is 0 Å². The SMILES string of the molecule is CO/C(=C\C#CC#CCO)C(N)=O. The molecule has 0 aliphatic heterocycles. The largest absolute Gasteiger partial charge is 0.491 e. The number of hydrogen-bond acceptors (Lipinski definition) is 3. The molecular weight excluding hydrogens is 170 g/mol. The van der Waals surface area contributed by atoms with Crippen molar-refractivity contribution in [2.75, 3.05) is 13.7 Å². The summed E-state index contributed by atoms with van der Waals surface area (Å²) in [7, 11) is 1.32. The fraction of sp³-hybridized carbons (Fsp3) is 0.222. The second-order valence-corrected chi connectivity index (χ2v) is 1.81. The van der Waals surface area contributed by atoms with Crippen LogP contribution in [0.2, 0.25) is 0 Å². The molecule has 0 saturated heterocycles. The van der Waals surface area contributed by atoms with Crippen LogP contribution in [0.1, 0.15) is 0 Å². The first-order chi connectivity index (χ1) is 6.22. The van der Waals surface area contributed by atoms with Crippen LogP contribution in [0.25, 0.3) is 0 Å². The van der Waals surface area contributed by atoms with E-state index in [9.17, 15) is 4.79 Å². The third kappa shape index (κ3) is 5.37. The Bertz CT molecular complexity index is 322. The van der Waals surface area contributed by atoms with Gasteiger partial charge in [-0.1, -0.05) is 11.8 Å². The fourth-order valence-corrected chi connectivity index (χ4v) is 0.452. The lowest BCUT2D eigenvalue weighted by Gasteiger charge is -1.95. The quantitative estimate of drug-likeness (QED) is 0.324. The van der Waals surface area contributed by atoms with Crippen molar-refractivity contribution >= 4 is 5.91 Å². The highest BCUT2D eigenvalue weighted by Crippen LogP contribution is 1.90. The van der Waals surface area contributed by atoms with E-state index in [1.165, 1.54) is 13.2 Å². The number of aliphatic hydroxyl groups excluding tert-OH is 1. The van der Waals surface area contributed by atoms with E-state index in [0.29, 0.717) is 0 Å². The number of aliphatic hydroxyl groups is 1. The number of hydrogen-bond donors (Lipinski definition) is 2. The summed E-state index contributed by atoms with van der Waals surface area (Å²) in [6.07, 6.45) is 1.22. The summed E-state index contributed by atoms with van der Waals surface area (Å²) in [4.78, 5) is 10.5. The van der Waals surface area contributed by atoms with Gasteiger partial charge < -0.3 is 15.6 Å². The van der Waals surface area contributed by atoms with Crippen LogP contribution < -0.4 is 5.73 Å². The number of allylic oxidation sites excluding steroid dienone is 1. The number of amides is 1. The topological polar surface area (TPSA) is 72.6 Å². The Morgan fingerprint density at radius 3 is 2.77 bits per heavy atom. The van der Waals surface area contributed by atoms with E-state index in [0.717, 1.165) is 0 Å². The molecule has 0 bridgehead atoms. The van der Waals surface area contributed by atoms with Gasteiger partial charge in [-0.15, -0.1) is 0 Å². The van der Waals surface area contributed by atoms with Gasteiger partial charge in [-0.25, -0.2) is 0 Å². The molecule has 0 fully saturated rings. The molecule has 0 aromatic heterocycles. The van der Waals surface area contributed by atoms with Crippen molar-refractivity contribution in [1.29, 1.82) is 0 Å². The van der Waals surface area contributed by atoms with Crippen molar-refractivity contribution in [3.63, 3.8) is 0 Å². The van der Waals surface area contributed by atoms with Crippen LogP contribution in [0.5, 0.6) is 0 Å². The normalized spacial score (nSPS) is 8.92. The van der Waals surface area contributed by atoms with Crippen LogP contribution in [-0.2, 0) is 9.53 Å². The molecule has 0 aliphatic carbocycles. The van der Waals surface area contributed by atoms with Gasteiger partial charge in [0.05, 0.1) is 7.11 Å². The predicted molar refractivity (Wildman–Crippen MR) is 46.9 cm³/mol. The molecular formula is C9H9NO3. The van der Waals surface area contributed by atoms with E-state index >= 15 is 0 Å². The number of carbonyl (C=O) groups is 1. The Balaban J connectivity index is 4.35. The maximum Gasteiger partial charge on any atom is 0.284 e. The molecule has 0 aliphatic rings. The summed E-state index contributed by atoms with van der Waals surface area (Å²) in [6, 6.07) is 0. The zero-order chi connectivity index (χ0) is 10.1. The smallest absolute Gasteiger partial charge is 0.284 e. The second-order valence-electron chi connectivity index (χ2n) is 1.81. The van der Waals surface area contributed by atoms with Gasteiger partial charge in [0.1, 0.15) is 6.61 Å². The van der Waals surface area contributed by atoms with Gasteiger partial charge in [0.2, 0.25) is 0 Å². The highest BCUT2D eigenvalue weighted by molar-refractivity contribution is 5.90. The molecule has 0 aromatic rings. The van der Waals surface area contributed by atoms with Crippen LogP contribution in [-0.4, -0.2) is 24.7 Å². The third-order valence-electron chi connectivity index (χ3n) is 0.968. The van der Waals surface area contributed by atoms with Gasteiger partial charge in [-0.3, -0.25) is 4.79 Å². The summed E-state index contributed by atoms with van der Waals surface area (Å²) in [6.45, 7) is -0.245. The first kappa shape index (κ1) is 11.1. The van der Waals surface area contributed by atoms with E-state index in [1.54, 1.807) is 0 Å². The molecule has 3 N–H and O–H groups in total. The Hall–Kier alpha value is -1.91. The number of methoxy groups -OCH3 is 1. The average Bonchev–Trinajstić information content (AvgIpc) is 2.10. The molecule has 0 saturated carbocycles. The van der Waals surface area contributed by atoms with Crippen LogP contribution in [0, 0.1) is 23.7 Å². The molecule has 68 valence electrons. The molecule has 1 amide bonds. The van der Waals surface area contributed by atoms with Crippen molar-refractivity contribution in [3.8, 4) is 23.7 Å². The van der Waals surface area contributed by atoms with Crippen molar-refractivity contribution < 1.29 is 14.6 Å². The van der Waals surface area contributed by atoms with Crippen molar-refractivity contribution in [1.82, 2.24) is 0 Å².